The fourth-order valence-electron chi connectivity index (χ4n) is 2.27. The topological polar surface area (TPSA) is 32.6 Å². The summed E-state index contributed by atoms with van der Waals surface area (Å²) in [5, 5.41) is 12.6. The van der Waals surface area contributed by atoms with Crippen molar-refractivity contribution in [2.75, 3.05) is 0 Å². The normalized spacial score (nSPS) is 12.9. The molecule has 16 heavy (non-hydrogen) atoms. The van der Waals surface area contributed by atoms with Crippen molar-refractivity contribution < 1.29 is 5.21 Å². The van der Waals surface area contributed by atoms with E-state index in [4.69, 9.17) is 0 Å². The van der Waals surface area contributed by atoms with Gasteiger partial charge in [-0.2, -0.15) is 0 Å². The Morgan fingerprint density at radius 3 is 1.81 bits per heavy atom. The number of rotatable bonds is 0. The van der Waals surface area contributed by atoms with Crippen LogP contribution in [0.1, 0.15) is 22.3 Å². The molecule has 1 N–H and O–H groups in total. The fraction of sp³-hybridized carbons (Fsp3) is 0.0714. The van der Waals surface area contributed by atoms with Crippen molar-refractivity contribution in [3.63, 3.8) is 0 Å². The molecular weight excluding hydrogens is 198 g/mol. The van der Waals surface area contributed by atoms with Gasteiger partial charge in [0.25, 0.3) is 0 Å². The molecule has 0 heterocycles. The van der Waals surface area contributed by atoms with Crippen molar-refractivity contribution >= 4 is 5.71 Å². The van der Waals surface area contributed by atoms with Gasteiger partial charge in [-0.25, -0.2) is 0 Å². The molecule has 1 aliphatic carbocycles. The number of hydrogen-bond acceptors (Lipinski definition) is 2. The third kappa shape index (κ3) is 1.23. The minimum absolute atomic E-state index is 0.678. The number of nitrogens with zero attached hydrogens (tertiary/aromatic N) is 1. The average molecular weight is 209 g/mol. The van der Waals surface area contributed by atoms with Gasteiger partial charge in [0, 0.05) is 11.1 Å². The van der Waals surface area contributed by atoms with Gasteiger partial charge in [-0.05, 0) is 17.5 Å². The standard InChI is InChI=1S/C14H11NO/c16-15-14-12-7-3-1-5-10(12)9-11-6-2-4-8-13(11)14/h1-8,16H,9H2. The Hall–Kier alpha value is -2.09. The van der Waals surface area contributed by atoms with E-state index >= 15 is 0 Å². The van der Waals surface area contributed by atoms with E-state index in [2.05, 4.69) is 17.3 Å². The van der Waals surface area contributed by atoms with Crippen LogP contribution in [0.2, 0.25) is 0 Å². The summed E-state index contributed by atoms with van der Waals surface area (Å²) in [4.78, 5) is 0. The van der Waals surface area contributed by atoms with Crippen LogP contribution >= 0.6 is 0 Å². The Morgan fingerprint density at radius 2 is 1.31 bits per heavy atom. The molecular formula is C14H11NO. The molecule has 0 saturated heterocycles. The van der Waals surface area contributed by atoms with Gasteiger partial charge < -0.3 is 5.21 Å². The van der Waals surface area contributed by atoms with Crippen molar-refractivity contribution in [3.05, 3.63) is 70.8 Å². The zero-order valence-electron chi connectivity index (χ0n) is 8.72. The highest BCUT2D eigenvalue weighted by molar-refractivity contribution is 6.15. The molecule has 2 heteroatoms. The summed E-state index contributed by atoms with van der Waals surface area (Å²) < 4.78 is 0. The van der Waals surface area contributed by atoms with Crippen LogP contribution in [0.3, 0.4) is 0 Å². The van der Waals surface area contributed by atoms with E-state index in [9.17, 15) is 5.21 Å². The third-order valence-electron chi connectivity index (χ3n) is 3.03. The highest BCUT2D eigenvalue weighted by Gasteiger charge is 2.20. The molecule has 0 atom stereocenters. The molecule has 0 spiro atoms. The van der Waals surface area contributed by atoms with Gasteiger partial charge >= 0.3 is 0 Å². The first-order valence-corrected chi connectivity index (χ1v) is 5.29. The van der Waals surface area contributed by atoms with Crippen molar-refractivity contribution in [1.29, 1.82) is 0 Å². The van der Waals surface area contributed by atoms with Crippen LogP contribution in [0.4, 0.5) is 0 Å². The molecule has 0 aromatic heterocycles. The highest BCUT2D eigenvalue weighted by atomic mass is 16.4. The molecule has 0 fully saturated rings. The quantitative estimate of drug-likeness (QED) is 0.448. The summed E-state index contributed by atoms with van der Waals surface area (Å²) in [6, 6.07) is 16.1. The maximum absolute atomic E-state index is 9.17. The number of oxime groups is 1. The van der Waals surface area contributed by atoms with Gasteiger partial charge in [-0.3, -0.25) is 0 Å². The van der Waals surface area contributed by atoms with E-state index < -0.39 is 0 Å². The second kappa shape index (κ2) is 3.49. The van der Waals surface area contributed by atoms with E-state index in [-0.39, 0.29) is 0 Å². The largest absolute Gasteiger partial charge is 0.410 e. The molecule has 0 aliphatic heterocycles. The van der Waals surface area contributed by atoms with Crippen molar-refractivity contribution in [1.82, 2.24) is 0 Å². The monoisotopic (exact) mass is 209 g/mol. The molecule has 0 saturated carbocycles. The summed E-state index contributed by atoms with van der Waals surface area (Å²) in [5.41, 5.74) is 5.17. The molecule has 1 aliphatic rings. The molecule has 2 aromatic carbocycles. The molecule has 78 valence electrons. The lowest BCUT2D eigenvalue weighted by Gasteiger charge is -2.19. The zero-order chi connectivity index (χ0) is 11.0. The molecule has 0 radical (unpaired) electrons. The second-order valence-corrected chi connectivity index (χ2v) is 3.94. The first-order chi connectivity index (χ1) is 7.90. The molecule has 3 rings (SSSR count). The number of hydrogen-bond donors (Lipinski definition) is 1. The first-order valence-electron chi connectivity index (χ1n) is 5.29. The van der Waals surface area contributed by atoms with Crippen LogP contribution in [0.25, 0.3) is 0 Å². The van der Waals surface area contributed by atoms with Gasteiger partial charge in [0.2, 0.25) is 0 Å². The molecule has 0 unspecified atom stereocenters. The van der Waals surface area contributed by atoms with Gasteiger partial charge in [0.15, 0.2) is 0 Å². The Morgan fingerprint density at radius 1 is 0.812 bits per heavy atom. The van der Waals surface area contributed by atoms with Crippen LogP contribution in [-0.2, 0) is 6.42 Å². The Bertz CT molecular complexity index is 525. The lowest BCUT2D eigenvalue weighted by molar-refractivity contribution is 0.319. The third-order valence-corrected chi connectivity index (χ3v) is 3.03. The Labute approximate surface area is 93.9 Å². The van der Waals surface area contributed by atoms with Crippen molar-refractivity contribution in [3.8, 4) is 0 Å². The van der Waals surface area contributed by atoms with Crippen LogP contribution in [0.15, 0.2) is 53.7 Å². The van der Waals surface area contributed by atoms with E-state index in [0.29, 0.717) is 5.71 Å². The summed E-state index contributed by atoms with van der Waals surface area (Å²) in [5.74, 6) is 0. The summed E-state index contributed by atoms with van der Waals surface area (Å²) in [6.45, 7) is 0. The molecule has 0 bridgehead atoms. The zero-order valence-corrected chi connectivity index (χ0v) is 8.72. The summed E-state index contributed by atoms with van der Waals surface area (Å²) in [7, 11) is 0. The van der Waals surface area contributed by atoms with Crippen LogP contribution < -0.4 is 0 Å². The van der Waals surface area contributed by atoms with Crippen LogP contribution in [0, 0.1) is 0 Å². The molecule has 2 nitrogen and oxygen atoms in total. The lowest BCUT2D eigenvalue weighted by Crippen LogP contribution is -2.15. The van der Waals surface area contributed by atoms with Gasteiger partial charge in [0.05, 0.1) is 0 Å². The lowest BCUT2D eigenvalue weighted by atomic mass is 9.85. The predicted molar refractivity (Wildman–Crippen MR) is 63.1 cm³/mol. The predicted octanol–water partition coefficient (Wildman–Crippen LogP) is 2.82. The summed E-state index contributed by atoms with van der Waals surface area (Å²) in [6.07, 6.45) is 0.908. The van der Waals surface area contributed by atoms with E-state index in [1.807, 2.05) is 36.4 Å². The minimum atomic E-state index is 0.678. The van der Waals surface area contributed by atoms with Crippen LogP contribution in [-0.4, -0.2) is 10.9 Å². The van der Waals surface area contributed by atoms with Crippen molar-refractivity contribution in [2.45, 2.75) is 6.42 Å². The van der Waals surface area contributed by atoms with Gasteiger partial charge in [0.1, 0.15) is 5.71 Å². The van der Waals surface area contributed by atoms with E-state index in [1.54, 1.807) is 0 Å². The second-order valence-electron chi connectivity index (χ2n) is 3.94. The summed E-state index contributed by atoms with van der Waals surface area (Å²) >= 11 is 0. The van der Waals surface area contributed by atoms with Crippen molar-refractivity contribution in [2.24, 2.45) is 5.16 Å². The molecule has 0 amide bonds. The maximum Gasteiger partial charge on any atom is 0.117 e. The first kappa shape index (κ1) is 9.16. The Balaban J connectivity index is 2.28. The van der Waals surface area contributed by atoms with Gasteiger partial charge in [-0.1, -0.05) is 53.7 Å². The average Bonchev–Trinajstić information content (AvgIpc) is 2.36. The molecule has 2 aromatic rings. The van der Waals surface area contributed by atoms with E-state index in [1.165, 1.54) is 11.1 Å². The highest BCUT2D eigenvalue weighted by Crippen LogP contribution is 2.27. The van der Waals surface area contributed by atoms with E-state index in [0.717, 1.165) is 17.5 Å². The Kier molecular flexibility index (Phi) is 2.00. The minimum Gasteiger partial charge on any atom is -0.410 e. The fourth-order valence-corrected chi connectivity index (χ4v) is 2.27. The maximum atomic E-state index is 9.17. The van der Waals surface area contributed by atoms with Gasteiger partial charge in [-0.15, -0.1) is 0 Å². The SMILES string of the molecule is ON=C1c2ccccc2Cc2ccccc21. The van der Waals surface area contributed by atoms with Crippen LogP contribution in [0.5, 0.6) is 0 Å². The number of fused-ring (bicyclic) bond motifs is 2. The number of benzene rings is 2. The smallest absolute Gasteiger partial charge is 0.117 e.